The first-order chi connectivity index (χ1) is 8.28. The average molecular weight is 256 g/mol. The summed E-state index contributed by atoms with van der Waals surface area (Å²) in [6.07, 6.45) is 2.17. The van der Waals surface area contributed by atoms with Crippen LogP contribution in [-0.4, -0.2) is 24.6 Å². The second-order valence-electron chi connectivity index (χ2n) is 6.00. The Balaban J connectivity index is 2.70. The number of rotatable bonds is 3. The molecule has 1 aliphatic carbocycles. The van der Waals surface area contributed by atoms with Gasteiger partial charge in [-0.2, -0.15) is 0 Å². The normalized spacial score (nSPS) is 27.9. The first-order valence-electron chi connectivity index (χ1n) is 6.59. The van der Waals surface area contributed by atoms with Crippen LogP contribution >= 0.6 is 0 Å². The maximum absolute atomic E-state index is 12.1. The van der Waals surface area contributed by atoms with Gasteiger partial charge in [-0.1, -0.05) is 13.3 Å². The highest BCUT2D eigenvalue weighted by Crippen LogP contribution is 2.40. The largest absolute Gasteiger partial charge is 0.469 e. The molecule has 4 nitrogen and oxygen atoms in total. The molecule has 0 radical (unpaired) electrons. The lowest BCUT2D eigenvalue weighted by Crippen LogP contribution is -2.30. The third kappa shape index (κ3) is 3.72. The van der Waals surface area contributed by atoms with Crippen LogP contribution in [-0.2, 0) is 19.1 Å². The van der Waals surface area contributed by atoms with Crippen molar-refractivity contribution in [3.8, 4) is 0 Å². The summed E-state index contributed by atoms with van der Waals surface area (Å²) in [6.45, 7) is 7.62. The molecule has 1 aliphatic rings. The lowest BCUT2D eigenvalue weighted by atomic mass is 9.93. The van der Waals surface area contributed by atoms with E-state index in [1.54, 1.807) is 0 Å². The number of hydrogen-bond acceptors (Lipinski definition) is 4. The van der Waals surface area contributed by atoms with Crippen LogP contribution in [0, 0.1) is 17.8 Å². The smallest absolute Gasteiger partial charge is 0.309 e. The number of esters is 2. The van der Waals surface area contributed by atoms with Gasteiger partial charge in [0.05, 0.1) is 18.9 Å². The third-order valence-corrected chi connectivity index (χ3v) is 3.46. The third-order valence-electron chi connectivity index (χ3n) is 3.46. The Hall–Kier alpha value is -1.06. The Kier molecular flexibility index (Phi) is 4.77. The molecular weight excluding hydrogens is 232 g/mol. The molecule has 1 unspecified atom stereocenters. The monoisotopic (exact) mass is 256 g/mol. The van der Waals surface area contributed by atoms with Gasteiger partial charge in [-0.3, -0.25) is 9.59 Å². The van der Waals surface area contributed by atoms with Crippen molar-refractivity contribution in [2.45, 2.75) is 52.6 Å². The van der Waals surface area contributed by atoms with Gasteiger partial charge >= 0.3 is 11.9 Å². The van der Waals surface area contributed by atoms with E-state index in [4.69, 9.17) is 9.47 Å². The Morgan fingerprint density at radius 3 is 2.22 bits per heavy atom. The van der Waals surface area contributed by atoms with Crippen molar-refractivity contribution in [2.24, 2.45) is 17.8 Å². The van der Waals surface area contributed by atoms with E-state index in [2.05, 4.69) is 0 Å². The predicted molar refractivity (Wildman–Crippen MR) is 67.9 cm³/mol. The molecule has 0 N–H and O–H groups in total. The Labute approximate surface area is 109 Å². The van der Waals surface area contributed by atoms with Crippen molar-refractivity contribution >= 4 is 11.9 Å². The summed E-state index contributed by atoms with van der Waals surface area (Å²) in [5, 5.41) is 0. The average Bonchev–Trinajstić information content (AvgIpc) is 2.69. The SMILES string of the molecule is CCC1C[C@@H](C(=O)OC)C[C@H]1C(=O)OC(C)(C)C. The van der Waals surface area contributed by atoms with E-state index in [9.17, 15) is 9.59 Å². The Morgan fingerprint density at radius 1 is 1.17 bits per heavy atom. The fourth-order valence-electron chi connectivity index (χ4n) is 2.60. The molecule has 0 spiro atoms. The fraction of sp³-hybridized carbons (Fsp3) is 0.857. The van der Waals surface area contributed by atoms with Crippen molar-refractivity contribution in [3.05, 3.63) is 0 Å². The van der Waals surface area contributed by atoms with E-state index >= 15 is 0 Å². The van der Waals surface area contributed by atoms with Gasteiger partial charge in [0.1, 0.15) is 5.60 Å². The van der Waals surface area contributed by atoms with Gasteiger partial charge in [0.15, 0.2) is 0 Å². The van der Waals surface area contributed by atoms with E-state index in [0.717, 1.165) is 12.8 Å². The minimum atomic E-state index is -0.473. The molecule has 0 amide bonds. The van der Waals surface area contributed by atoms with Crippen LogP contribution in [0.5, 0.6) is 0 Å². The van der Waals surface area contributed by atoms with Crippen LogP contribution < -0.4 is 0 Å². The number of carbonyl (C=O) groups is 2. The molecule has 0 aliphatic heterocycles. The van der Waals surface area contributed by atoms with Crippen molar-refractivity contribution in [2.75, 3.05) is 7.11 Å². The van der Waals surface area contributed by atoms with Crippen LogP contribution in [0.1, 0.15) is 47.0 Å². The number of methoxy groups -OCH3 is 1. The number of carbonyl (C=O) groups excluding carboxylic acids is 2. The number of hydrogen-bond donors (Lipinski definition) is 0. The lowest BCUT2D eigenvalue weighted by Gasteiger charge is -2.24. The zero-order valence-corrected chi connectivity index (χ0v) is 12.0. The van der Waals surface area contributed by atoms with E-state index in [1.807, 2.05) is 27.7 Å². The first-order valence-corrected chi connectivity index (χ1v) is 6.59. The predicted octanol–water partition coefficient (Wildman–Crippen LogP) is 2.55. The van der Waals surface area contributed by atoms with E-state index in [0.29, 0.717) is 6.42 Å². The van der Waals surface area contributed by atoms with Gasteiger partial charge < -0.3 is 9.47 Å². The minimum Gasteiger partial charge on any atom is -0.469 e. The minimum absolute atomic E-state index is 0.155. The van der Waals surface area contributed by atoms with Crippen LogP contribution in [0.15, 0.2) is 0 Å². The molecular formula is C14H24O4. The zero-order chi connectivity index (χ0) is 13.9. The second kappa shape index (κ2) is 5.72. The standard InChI is InChI=1S/C14H24O4/c1-6-9-7-10(12(15)17-5)8-11(9)13(16)18-14(2,3)4/h9-11H,6-8H2,1-5H3/t9?,10-,11-/m1/s1. The fourth-order valence-corrected chi connectivity index (χ4v) is 2.60. The molecule has 3 atom stereocenters. The molecule has 1 saturated carbocycles. The molecule has 0 aromatic rings. The molecule has 0 aromatic carbocycles. The summed E-state index contributed by atoms with van der Waals surface area (Å²) in [6, 6.07) is 0. The van der Waals surface area contributed by atoms with Crippen molar-refractivity contribution < 1.29 is 19.1 Å². The molecule has 1 rings (SSSR count). The Morgan fingerprint density at radius 2 is 1.78 bits per heavy atom. The van der Waals surface area contributed by atoms with Crippen LogP contribution in [0.2, 0.25) is 0 Å². The Bertz CT molecular complexity index is 316. The lowest BCUT2D eigenvalue weighted by molar-refractivity contribution is -0.161. The molecule has 18 heavy (non-hydrogen) atoms. The summed E-state index contributed by atoms with van der Waals surface area (Å²) >= 11 is 0. The van der Waals surface area contributed by atoms with Crippen molar-refractivity contribution in [3.63, 3.8) is 0 Å². The molecule has 4 heteroatoms. The van der Waals surface area contributed by atoms with Crippen molar-refractivity contribution in [1.82, 2.24) is 0 Å². The van der Waals surface area contributed by atoms with E-state index in [1.165, 1.54) is 7.11 Å². The molecule has 104 valence electrons. The highest BCUT2D eigenvalue weighted by molar-refractivity contribution is 5.78. The topological polar surface area (TPSA) is 52.6 Å². The summed E-state index contributed by atoms with van der Waals surface area (Å²) in [5.41, 5.74) is -0.473. The quantitative estimate of drug-likeness (QED) is 0.728. The van der Waals surface area contributed by atoms with Crippen molar-refractivity contribution in [1.29, 1.82) is 0 Å². The highest BCUT2D eigenvalue weighted by Gasteiger charge is 2.42. The van der Waals surface area contributed by atoms with Gasteiger partial charge in [-0.25, -0.2) is 0 Å². The second-order valence-corrected chi connectivity index (χ2v) is 6.00. The highest BCUT2D eigenvalue weighted by atomic mass is 16.6. The summed E-state index contributed by atoms with van der Waals surface area (Å²) in [5.74, 6) is -0.486. The zero-order valence-electron chi connectivity index (χ0n) is 12.0. The molecule has 0 saturated heterocycles. The van der Waals surface area contributed by atoms with Gasteiger partial charge in [0.2, 0.25) is 0 Å². The number of ether oxygens (including phenoxy) is 2. The van der Waals surface area contributed by atoms with Crippen LogP contribution in [0.3, 0.4) is 0 Å². The molecule has 0 heterocycles. The molecule has 0 bridgehead atoms. The summed E-state index contributed by atoms with van der Waals surface area (Å²) in [7, 11) is 1.39. The van der Waals surface area contributed by atoms with E-state index < -0.39 is 5.60 Å². The van der Waals surface area contributed by atoms with E-state index in [-0.39, 0.29) is 29.7 Å². The maximum atomic E-state index is 12.1. The molecule has 0 aromatic heterocycles. The summed E-state index contributed by atoms with van der Waals surface area (Å²) in [4.78, 5) is 23.7. The summed E-state index contributed by atoms with van der Waals surface area (Å²) < 4.78 is 10.2. The maximum Gasteiger partial charge on any atom is 0.309 e. The first kappa shape index (κ1) is 15.0. The van der Waals surface area contributed by atoms with Gasteiger partial charge in [-0.15, -0.1) is 0 Å². The molecule has 1 fully saturated rings. The van der Waals surface area contributed by atoms with Gasteiger partial charge in [0.25, 0.3) is 0 Å². The van der Waals surface area contributed by atoms with Gasteiger partial charge in [-0.05, 0) is 39.5 Å². The van der Waals surface area contributed by atoms with Gasteiger partial charge in [0, 0.05) is 0 Å². The van der Waals surface area contributed by atoms with Crippen LogP contribution in [0.25, 0.3) is 0 Å². The van der Waals surface area contributed by atoms with Crippen LogP contribution in [0.4, 0.5) is 0 Å².